The highest BCUT2D eigenvalue weighted by Crippen LogP contribution is 2.43. The third-order valence-electron chi connectivity index (χ3n) is 3.78. The Kier molecular flexibility index (Phi) is 4.19. The van der Waals surface area contributed by atoms with E-state index in [2.05, 4.69) is 4.98 Å². The molecule has 1 aliphatic carbocycles. The molecular weight excluding hydrogens is 321 g/mol. The minimum absolute atomic E-state index is 0.0911. The molecule has 2 aromatic rings. The van der Waals surface area contributed by atoms with Crippen LogP contribution >= 0.6 is 11.6 Å². The highest BCUT2D eigenvalue weighted by Gasteiger charge is 2.32. The number of carbonyl (C=O) groups is 1. The van der Waals surface area contributed by atoms with Crippen LogP contribution in [0.5, 0.6) is 11.5 Å². The number of halogens is 2. The van der Waals surface area contributed by atoms with Gasteiger partial charge in [-0.05, 0) is 37.0 Å². The molecule has 1 aliphatic rings. The van der Waals surface area contributed by atoms with Gasteiger partial charge in [-0.2, -0.15) is 0 Å². The third kappa shape index (κ3) is 3.28. The summed E-state index contributed by atoms with van der Waals surface area (Å²) in [6.07, 6.45) is 3.28. The summed E-state index contributed by atoms with van der Waals surface area (Å²) in [5.41, 5.74) is 11.7. The molecule has 1 heterocycles. The smallest absolute Gasteiger partial charge is 0.267 e. The number of hydrogen-bond donors (Lipinski definition) is 2. The molecule has 1 aromatic heterocycles. The Morgan fingerprint density at radius 2 is 2.09 bits per heavy atom. The molecule has 3 rings (SSSR count). The van der Waals surface area contributed by atoms with Gasteiger partial charge < -0.3 is 16.2 Å². The summed E-state index contributed by atoms with van der Waals surface area (Å²) in [4.78, 5) is 14.8. The van der Waals surface area contributed by atoms with Crippen LogP contribution in [0.4, 0.5) is 4.39 Å². The zero-order chi connectivity index (χ0) is 16.6. The molecule has 4 N–H and O–H groups in total. The maximum Gasteiger partial charge on any atom is 0.267 e. The molecule has 1 fully saturated rings. The lowest BCUT2D eigenvalue weighted by molar-refractivity contribution is 0.0995. The SMILES string of the molecule is NC(=O)c1ccc(Oc2c(Cl)ccc([C@H](N)C3CC3)c2F)cn1. The number of ether oxygens (including phenoxy) is 1. The molecule has 7 heteroatoms. The number of nitrogens with zero attached hydrogens (tertiary/aromatic N) is 1. The second kappa shape index (κ2) is 6.14. The Morgan fingerprint density at radius 3 is 2.65 bits per heavy atom. The van der Waals surface area contributed by atoms with Crippen LogP contribution in [-0.4, -0.2) is 10.9 Å². The molecule has 0 bridgehead atoms. The van der Waals surface area contributed by atoms with Gasteiger partial charge in [0.25, 0.3) is 5.91 Å². The number of rotatable bonds is 5. The summed E-state index contributed by atoms with van der Waals surface area (Å²) >= 11 is 6.03. The van der Waals surface area contributed by atoms with Gasteiger partial charge in [0, 0.05) is 11.6 Å². The highest BCUT2D eigenvalue weighted by molar-refractivity contribution is 6.32. The van der Waals surface area contributed by atoms with E-state index in [1.165, 1.54) is 18.3 Å². The van der Waals surface area contributed by atoms with Gasteiger partial charge in [0.15, 0.2) is 11.6 Å². The van der Waals surface area contributed by atoms with E-state index in [9.17, 15) is 9.18 Å². The first-order valence-electron chi connectivity index (χ1n) is 7.14. The summed E-state index contributed by atoms with van der Waals surface area (Å²) in [6, 6.07) is 5.63. The van der Waals surface area contributed by atoms with Gasteiger partial charge in [-0.3, -0.25) is 4.79 Å². The van der Waals surface area contributed by atoms with Crippen molar-refractivity contribution in [2.24, 2.45) is 17.4 Å². The van der Waals surface area contributed by atoms with Crippen LogP contribution in [0.15, 0.2) is 30.5 Å². The molecule has 5 nitrogen and oxygen atoms in total. The standard InChI is InChI=1S/C16H15ClFN3O2/c17-11-5-4-10(14(19)8-1-2-8)13(18)15(11)23-9-3-6-12(16(20)22)21-7-9/h3-8,14H,1-2,19H2,(H2,20,22)/t14-/m1/s1. The maximum atomic E-state index is 14.7. The molecule has 23 heavy (non-hydrogen) atoms. The number of aromatic nitrogens is 1. The van der Waals surface area contributed by atoms with E-state index in [-0.39, 0.29) is 28.3 Å². The van der Waals surface area contributed by atoms with Crippen molar-refractivity contribution in [3.63, 3.8) is 0 Å². The molecule has 0 unspecified atom stereocenters. The van der Waals surface area contributed by atoms with E-state index in [4.69, 9.17) is 27.8 Å². The largest absolute Gasteiger partial charge is 0.451 e. The van der Waals surface area contributed by atoms with Crippen molar-refractivity contribution in [2.75, 3.05) is 0 Å². The zero-order valence-electron chi connectivity index (χ0n) is 12.1. The maximum absolute atomic E-state index is 14.7. The van der Waals surface area contributed by atoms with Gasteiger partial charge in [-0.1, -0.05) is 17.7 Å². The lowest BCUT2D eigenvalue weighted by Gasteiger charge is -2.16. The van der Waals surface area contributed by atoms with Crippen LogP contribution in [0, 0.1) is 11.7 Å². The number of primary amides is 1. The summed E-state index contributed by atoms with van der Waals surface area (Å²) in [6.45, 7) is 0. The second-order valence-electron chi connectivity index (χ2n) is 5.49. The van der Waals surface area contributed by atoms with Gasteiger partial charge in [0.2, 0.25) is 0 Å². The van der Waals surface area contributed by atoms with Crippen LogP contribution in [0.1, 0.15) is 34.9 Å². The first-order chi connectivity index (χ1) is 11.0. The van der Waals surface area contributed by atoms with Gasteiger partial charge in [-0.25, -0.2) is 9.37 Å². The number of amides is 1. The van der Waals surface area contributed by atoms with Crippen molar-refractivity contribution in [2.45, 2.75) is 18.9 Å². The number of carbonyl (C=O) groups excluding carboxylic acids is 1. The van der Waals surface area contributed by atoms with Gasteiger partial charge in [0.1, 0.15) is 11.4 Å². The highest BCUT2D eigenvalue weighted by atomic mass is 35.5. The Hall–Kier alpha value is -2.18. The molecule has 120 valence electrons. The molecule has 0 radical (unpaired) electrons. The van der Waals surface area contributed by atoms with Crippen LogP contribution < -0.4 is 16.2 Å². The molecular formula is C16H15ClFN3O2. The summed E-state index contributed by atoms with van der Waals surface area (Å²) in [7, 11) is 0. The summed E-state index contributed by atoms with van der Waals surface area (Å²) < 4.78 is 20.2. The lowest BCUT2D eigenvalue weighted by Crippen LogP contribution is -2.14. The van der Waals surface area contributed by atoms with E-state index >= 15 is 0 Å². The van der Waals surface area contributed by atoms with Crippen molar-refractivity contribution < 1.29 is 13.9 Å². The summed E-state index contributed by atoms with van der Waals surface area (Å²) in [5, 5.41) is 0.133. The molecule has 1 aromatic carbocycles. The molecule has 1 saturated carbocycles. The van der Waals surface area contributed by atoms with Crippen LogP contribution in [0.2, 0.25) is 5.02 Å². The van der Waals surface area contributed by atoms with Gasteiger partial charge >= 0.3 is 0 Å². The molecule has 0 aliphatic heterocycles. The average Bonchev–Trinajstić information content (AvgIpc) is 3.36. The van der Waals surface area contributed by atoms with Crippen molar-refractivity contribution >= 4 is 17.5 Å². The Bertz CT molecular complexity index is 748. The minimum atomic E-state index is -0.654. The second-order valence-corrected chi connectivity index (χ2v) is 5.90. The summed E-state index contributed by atoms with van der Waals surface area (Å²) in [5.74, 6) is -0.786. The number of hydrogen-bond acceptors (Lipinski definition) is 4. The third-order valence-corrected chi connectivity index (χ3v) is 4.07. The quantitative estimate of drug-likeness (QED) is 0.877. The molecule has 0 saturated heterocycles. The van der Waals surface area contributed by atoms with E-state index in [1.54, 1.807) is 12.1 Å². The van der Waals surface area contributed by atoms with Crippen molar-refractivity contribution in [1.29, 1.82) is 0 Å². The molecule has 0 spiro atoms. The normalized spacial score (nSPS) is 15.3. The fourth-order valence-corrected chi connectivity index (χ4v) is 2.50. The van der Waals surface area contributed by atoms with Crippen LogP contribution in [-0.2, 0) is 0 Å². The topological polar surface area (TPSA) is 91.2 Å². The van der Waals surface area contributed by atoms with Crippen LogP contribution in [0.3, 0.4) is 0 Å². The van der Waals surface area contributed by atoms with Crippen LogP contribution in [0.25, 0.3) is 0 Å². The predicted octanol–water partition coefficient (Wildman–Crippen LogP) is 3.18. The minimum Gasteiger partial charge on any atom is -0.451 e. The van der Waals surface area contributed by atoms with Gasteiger partial charge in [0.05, 0.1) is 11.2 Å². The monoisotopic (exact) mass is 335 g/mol. The predicted molar refractivity (Wildman–Crippen MR) is 83.9 cm³/mol. The van der Waals surface area contributed by atoms with E-state index in [1.807, 2.05) is 0 Å². The molecule has 1 amide bonds. The molecule has 1 atom stereocenters. The first-order valence-corrected chi connectivity index (χ1v) is 7.52. The van der Waals surface area contributed by atoms with Crippen molar-refractivity contribution in [1.82, 2.24) is 4.98 Å². The lowest BCUT2D eigenvalue weighted by atomic mass is 10.0. The van der Waals surface area contributed by atoms with E-state index in [0.29, 0.717) is 11.5 Å². The number of benzene rings is 1. The Balaban J connectivity index is 1.89. The Morgan fingerprint density at radius 1 is 1.35 bits per heavy atom. The fourth-order valence-electron chi connectivity index (χ4n) is 2.31. The Labute approximate surface area is 137 Å². The average molecular weight is 336 g/mol. The number of pyridine rings is 1. The van der Waals surface area contributed by atoms with Crippen molar-refractivity contribution in [3.05, 3.63) is 52.6 Å². The van der Waals surface area contributed by atoms with E-state index in [0.717, 1.165) is 12.8 Å². The zero-order valence-corrected chi connectivity index (χ0v) is 12.9. The van der Waals surface area contributed by atoms with Gasteiger partial charge in [-0.15, -0.1) is 0 Å². The van der Waals surface area contributed by atoms with E-state index < -0.39 is 11.7 Å². The number of nitrogens with two attached hydrogens (primary N) is 2. The van der Waals surface area contributed by atoms with Crippen molar-refractivity contribution in [3.8, 4) is 11.5 Å². The first kappa shape index (κ1) is 15.7. The fraction of sp³-hybridized carbons (Fsp3) is 0.250.